The zero-order valence-corrected chi connectivity index (χ0v) is 11.6. The monoisotopic (exact) mass is 262 g/mol. The maximum atomic E-state index is 12.5. The molecule has 1 aromatic carbocycles. The van der Waals surface area contributed by atoms with Crippen molar-refractivity contribution < 1.29 is 4.79 Å². The van der Waals surface area contributed by atoms with Gasteiger partial charge in [-0.15, -0.1) is 11.8 Å². The lowest BCUT2D eigenvalue weighted by Gasteiger charge is -2.30. The van der Waals surface area contributed by atoms with E-state index in [9.17, 15) is 4.79 Å². The van der Waals surface area contributed by atoms with Crippen LogP contribution in [0.1, 0.15) is 34.5 Å². The number of hydrogen-bond acceptors (Lipinski definition) is 3. The Morgan fingerprint density at radius 1 is 1.50 bits per heavy atom. The number of thioether (sulfide) groups is 1. The molecule has 1 atom stereocenters. The van der Waals surface area contributed by atoms with Crippen molar-refractivity contribution in [2.45, 2.75) is 24.3 Å². The smallest absolute Gasteiger partial charge is 0.255 e. The van der Waals surface area contributed by atoms with Gasteiger partial charge >= 0.3 is 0 Å². The molecule has 1 fully saturated rings. The van der Waals surface area contributed by atoms with Crippen LogP contribution >= 0.6 is 11.8 Å². The van der Waals surface area contributed by atoms with Crippen LogP contribution in [0.25, 0.3) is 0 Å². The van der Waals surface area contributed by atoms with Crippen molar-refractivity contribution in [1.82, 2.24) is 10.2 Å². The van der Waals surface area contributed by atoms with Crippen LogP contribution in [-0.2, 0) is 6.42 Å². The summed E-state index contributed by atoms with van der Waals surface area (Å²) in [5, 5.41) is 3.39. The maximum absolute atomic E-state index is 12.5. The molecule has 4 heteroatoms. The fourth-order valence-electron chi connectivity index (χ4n) is 2.92. The molecule has 0 saturated carbocycles. The summed E-state index contributed by atoms with van der Waals surface area (Å²) in [4.78, 5) is 15.7. The number of benzene rings is 1. The summed E-state index contributed by atoms with van der Waals surface area (Å²) >= 11 is 1.69. The quantitative estimate of drug-likeness (QED) is 0.828. The molecule has 2 aliphatic heterocycles. The predicted molar refractivity (Wildman–Crippen MR) is 74.2 cm³/mol. The van der Waals surface area contributed by atoms with Crippen LogP contribution in [0.4, 0.5) is 0 Å². The maximum Gasteiger partial charge on any atom is 0.255 e. The van der Waals surface area contributed by atoms with E-state index in [0.717, 1.165) is 36.5 Å². The summed E-state index contributed by atoms with van der Waals surface area (Å²) < 4.78 is 0. The molecule has 1 aromatic rings. The molecule has 3 rings (SSSR count). The number of fused-ring (bicyclic) bond motifs is 3. The average molecular weight is 262 g/mol. The molecule has 1 saturated heterocycles. The minimum atomic E-state index is 0.225. The van der Waals surface area contributed by atoms with Gasteiger partial charge in [-0.3, -0.25) is 4.79 Å². The van der Waals surface area contributed by atoms with E-state index in [4.69, 9.17) is 0 Å². The van der Waals surface area contributed by atoms with Crippen molar-refractivity contribution >= 4 is 17.7 Å². The molecule has 18 heavy (non-hydrogen) atoms. The standard InChI is InChI=1S/C14H18N2OS/c1-3-9-6-10-11-8-15-4-5-16(11)14(17)13(10)12(7-9)18-2/h6-7,11,15H,3-5,8H2,1-2H3/t11-/m0/s1. The minimum absolute atomic E-state index is 0.225. The molecule has 0 aliphatic carbocycles. The molecule has 0 spiro atoms. The van der Waals surface area contributed by atoms with E-state index in [0.29, 0.717) is 0 Å². The summed E-state index contributed by atoms with van der Waals surface area (Å²) in [7, 11) is 0. The second-order valence-electron chi connectivity index (χ2n) is 4.83. The Kier molecular flexibility index (Phi) is 3.08. The summed E-state index contributed by atoms with van der Waals surface area (Å²) in [6.07, 6.45) is 3.08. The van der Waals surface area contributed by atoms with E-state index in [1.54, 1.807) is 11.8 Å². The normalized spacial score (nSPS) is 22.0. The molecular formula is C14H18N2OS. The summed E-state index contributed by atoms with van der Waals surface area (Å²) in [5.41, 5.74) is 3.52. The largest absolute Gasteiger partial charge is 0.329 e. The van der Waals surface area contributed by atoms with E-state index >= 15 is 0 Å². The molecule has 1 N–H and O–H groups in total. The first kappa shape index (κ1) is 12.1. The molecule has 1 amide bonds. The fraction of sp³-hybridized carbons (Fsp3) is 0.500. The van der Waals surface area contributed by atoms with Crippen LogP contribution in [0.3, 0.4) is 0 Å². The Hall–Kier alpha value is -1.00. The van der Waals surface area contributed by atoms with Crippen LogP contribution in [-0.4, -0.2) is 36.7 Å². The van der Waals surface area contributed by atoms with Crippen LogP contribution in [0, 0.1) is 0 Å². The first-order valence-corrected chi connectivity index (χ1v) is 7.71. The molecule has 0 bridgehead atoms. The highest BCUT2D eigenvalue weighted by molar-refractivity contribution is 7.98. The van der Waals surface area contributed by atoms with Gasteiger partial charge in [-0.25, -0.2) is 0 Å². The van der Waals surface area contributed by atoms with Crippen molar-refractivity contribution in [3.63, 3.8) is 0 Å². The highest BCUT2D eigenvalue weighted by atomic mass is 32.2. The molecular weight excluding hydrogens is 244 g/mol. The van der Waals surface area contributed by atoms with Crippen molar-refractivity contribution in [2.75, 3.05) is 25.9 Å². The lowest BCUT2D eigenvalue weighted by Crippen LogP contribution is -2.44. The Balaban J connectivity index is 2.15. The zero-order valence-electron chi connectivity index (χ0n) is 10.8. The topological polar surface area (TPSA) is 32.3 Å². The van der Waals surface area contributed by atoms with Gasteiger partial charge in [0.2, 0.25) is 0 Å². The van der Waals surface area contributed by atoms with Gasteiger partial charge in [-0.1, -0.05) is 13.0 Å². The Morgan fingerprint density at radius 2 is 2.33 bits per heavy atom. The summed E-state index contributed by atoms with van der Waals surface area (Å²) in [6.45, 7) is 4.79. The van der Waals surface area contributed by atoms with E-state index in [1.165, 1.54) is 11.1 Å². The van der Waals surface area contributed by atoms with Crippen LogP contribution < -0.4 is 5.32 Å². The molecule has 2 aliphatic rings. The third-order valence-electron chi connectivity index (χ3n) is 3.90. The van der Waals surface area contributed by atoms with Crippen LogP contribution in [0.15, 0.2) is 17.0 Å². The third-order valence-corrected chi connectivity index (χ3v) is 4.66. The van der Waals surface area contributed by atoms with Crippen molar-refractivity contribution in [1.29, 1.82) is 0 Å². The average Bonchev–Trinajstić information content (AvgIpc) is 2.72. The van der Waals surface area contributed by atoms with E-state index < -0.39 is 0 Å². The Morgan fingerprint density at radius 3 is 3.06 bits per heavy atom. The molecule has 0 unspecified atom stereocenters. The van der Waals surface area contributed by atoms with Crippen molar-refractivity contribution in [2.24, 2.45) is 0 Å². The summed E-state index contributed by atoms with van der Waals surface area (Å²) in [6, 6.07) is 4.65. The van der Waals surface area contributed by atoms with Gasteiger partial charge in [0.15, 0.2) is 0 Å². The van der Waals surface area contributed by atoms with E-state index in [2.05, 4.69) is 30.6 Å². The molecule has 0 aromatic heterocycles. The van der Waals surface area contributed by atoms with Gasteiger partial charge in [-0.05, 0) is 29.9 Å². The number of nitrogens with one attached hydrogen (secondary N) is 1. The second-order valence-corrected chi connectivity index (χ2v) is 5.68. The van der Waals surface area contributed by atoms with Gasteiger partial charge in [0, 0.05) is 24.5 Å². The molecule has 0 radical (unpaired) electrons. The first-order valence-electron chi connectivity index (χ1n) is 6.48. The first-order chi connectivity index (χ1) is 8.76. The van der Waals surface area contributed by atoms with Gasteiger partial charge in [0.25, 0.3) is 5.91 Å². The number of rotatable bonds is 2. The van der Waals surface area contributed by atoms with Crippen molar-refractivity contribution in [3.05, 3.63) is 28.8 Å². The summed E-state index contributed by atoms with van der Waals surface area (Å²) in [5.74, 6) is 0.225. The predicted octanol–water partition coefficient (Wildman–Crippen LogP) is 2.07. The number of aryl methyl sites for hydroxylation is 1. The van der Waals surface area contributed by atoms with Gasteiger partial charge in [0.1, 0.15) is 0 Å². The van der Waals surface area contributed by atoms with E-state index in [-0.39, 0.29) is 11.9 Å². The Bertz CT molecular complexity index is 501. The Labute approximate surface area is 112 Å². The van der Waals surface area contributed by atoms with Crippen LogP contribution in [0.2, 0.25) is 0 Å². The number of carbonyl (C=O) groups is 1. The number of hydrogen-bond donors (Lipinski definition) is 1. The lowest BCUT2D eigenvalue weighted by molar-refractivity contribution is 0.0689. The number of piperazine rings is 1. The highest BCUT2D eigenvalue weighted by Gasteiger charge is 2.39. The SMILES string of the molecule is CCc1cc(SC)c2c(c1)[C@@H]1CNCCN1C2=O. The van der Waals surface area contributed by atoms with Gasteiger partial charge < -0.3 is 10.2 Å². The molecule has 96 valence electrons. The highest BCUT2D eigenvalue weighted by Crippen LogP contribution is 2.39. The van der Waals surface area contributed by atoms with Crippen molar-refractivity contribution in [3.8, 4) is 0 Å². The van der Waals surface area contributed by atoms with Crippen LogP contribution in [0.5, 0.6) is 0 Å². The second kappa shape index (κ2) is 4.59. The fourth-order valence-corrected chi connectivity index (χ4v) is 3.60. The number of carbonyl (C=O) groups excluding carboxylic acids is 1. The lowest BCUT2D eigenvalue weighted by atomic mass is 9.99. The number of nitrogens with zero attached hydrogens (tertiary/aromatic N) is 1. The molecule has 2 heterocycles. The van der Waals surface area contributed by atoms with Gasteiger partial charge in [0.05, 0.1) is 11.6 Å². The third kappa shape index (κ3) is 1.67. The zero-order chi connectivity index (χ0) is 12.7. The van der Waals surface area contributed by atoms with E-state index in [1.807, 2.05) is 4.90 Å². The minimum Gasteiger partial charge on any atom is -0.329 e. The van der Waals surface area contributed by atoms with Gasteiger partial charge in [-0.2, -0.15) is 0 Å². The molecule has 3 nitrogen and oxygen atoms in total. The number of amides is 1.